The molecule has 3 aromatic carbocycles. The third-order valence-corrected chi connectivity index (χ3v) is 10.5. The summed E-state index contributed by atoms with van der Waals surface area (Å²) in [6.07, 6.45) is 2.32. The maximum Gasteiger partial charge on any atom is 0.410 e. The summed E-state index contributed by atoms with van der Waals surface area (Å²) in [5.41, 5.74) is 4.61. The maximum absolute atomic E-state index is 13.3. The first-order valence-electron chi connectivity index (χ1n) is 17.9. The summed E-state index contributed by atoms with van der Waals surface area (Å²) in [6.45, 7) is 16.7. The van der Waals surface area contributed by atoms with Crippen molar-refractivity contribution in [1.82, 2.24) is 14.9 Å². The molecule has 1 N–H and O–H groups in total. The van der Waals surface area contributed by atoms with Crippen LogP contribution in [0, 0.1) is 0 Å². The lowest BCUT2D eigenvalue weighted by molar-refractivity contribution is -0.0901. The molecule has 0 radical (unpaired) electrons. The molecule has 5 rings (SSSR count). The van der Waals surface area contributed by atoms with Crippen molar-refractivity contribution in [2.75, 3.05) is 39.5 Å². The number of H-pyrrole nitrogens is 1. The fourth-order valence-corrected chi connectivity index (χ4v) is 6.76. The molecule has 0 spiro atoms. The molecule has 10 heteroatoms. The third kappa shape index (κ3) is 11.7. The maximum atomic E-state index is 13.3. The summed E-state index contributed by atoms with van der Waals surface area (Å²) in [4.78, 5) is 22.7. The van der Waals surface area contributed by atoms with Crippen molar-refractivity contribution in [3.63, 3.8) is 0 Å². The molecular weight excluding hydrogens is 647 g/mol. The number of benzene rings is 3. The summed E-state index contributed by atoms with van der Waals surface area (Å²) in [7, 11) is -1.26. The molecule has 4 aromatic rings. The van der Waals surface area contributed by atoms with Gasteiger partial charge in [-0.3, -0.25) is 0 Å². The first kappa shape index (κ1) is 37.5. The normalized spacial score (nSPS) is 17.5. The van der Waals surface area contributed by atoms with Gasteiger partial charge in [-0.05, 0) is 74.2 Å². The zero-order valence-electron chi connectivity index (χ0n) is 30.7. The molecule has 1 aliphatic heterocycles. The average Bonchev–Trinajstić information content (AvgIpc) is 3.55. The van der Waals surface area contributed by atoms with E-state index in [9.17, 15) is 4.79 Å². The van der Waals surface area contributed by atoms with Crippen LogP contribution in [0.1, 0.15) is 62.3 Å². The number of piperidine rings is 1. The zero-order chi connectivity index (χ0) is 35.6. The minimum absolute atomic E-state index is 0.0643. The summed E-state index contributed by atoms with van der Waals surface area (Å²) in [5.74, 6) is 0.886. The van der Waals surface area contributed by atoms with E-state index in [1.54, 1.807) is 11.2 Å². The molecule has 1 amide bonds. The summed E-state index contributed by atoms with van der Waals surface area (Å²) < 4.78 is 31.0. The smallest absolute Gasteiger partial charge is 0.410 e. The van der Waals surface area contributed by atoms with Crippen LogP contribution in [-0.4, -0.2) is 80.3 Å². The molecule has 9 nitrogen and oxygen atoms in total. The molecule has 0 bridgehead atoms. The van der Waals surface area contributed by atoms with Gasteiger partial charge in [0.1, 0.15) is 17.5 Å². The van der Waals surface area contributed by atoms with E-state index in [2.05, 4.69) is 66.0 Å². The van der Waals surface area contributed by atoms with E-state index >= 15 is 0 Å². The lowest BCUT2D eigenvalue weighted by Crippen LogP contribution is -2.49. The van der Waals surface area contributed by atoms with Gasteiger partial charge in [0.2, 0.25) is 0 Å². The van der Waals surface area contributed by atoms with Crippen LogP contribution in [0.25, 0.3) is 11.0 Å². The van der Waals surface area contributed by atoms with Gasteiger partial charge in [-0.25, -0.2) is 9.78 Å². The van der Waals surface area contributed by atoms with Crippen LogP contribution in [0.5, 0.6) is 5.75 Å². The molecule has 1 aromatic heterocycles. The van der Waals surface area contributed by atoms with E-state index in [1.165, 1.54) is 5.56 Å². The highest BCUT2D eigenvalue weighted by atomic mass is 28.3. The van der Waals surface area contributed by atoms with Crippen molar-refractivity contribution in [3.05, 3.63) is 95.8 Å². The topological polar surface area (TPSA) is 95.1 Å². The minimum atomic E-state index is -1.26. The molecule has 270 valence electrons. The van der Waals surface area contributed by atoms with E-state index < -0.39 is 13.7 Å². The number of rotatable bonds is 16. The molecule has 0 aliphatic carbocycles. The standard InChI is InChI=1S/C40H55N3O6Si/c1-40(2,3)49-39(44)43-20-19-34(31-13-16-33(17-14-31)47-22-10-21-45-27-30-11-8-7-9-12-30)37(26-43)48-38(28-46-23-24-50(4,5)6)32-15-18-35-36(25-32)42-29-41-35/h7-9,11-18,25,29,34,37-38H,10,19-24,26-28H2,1-6H3,(H,41,42). The quantitative estimate of drug-likeness (QED) is 0.0922. The van der Waals surface area contributed by atoms with Gasteiger partial charge >= 0.3 is 6.09 Å². The number of aromatic nitrogens is 2. The van der Waals surface area contributed by atoms with Crippen LogP contribution in [0.3, 0.4) is 0 Å². The number of imidazole rings is 1. The van der Waals surface area contributed by atoms with Gasteiger partial charge in [-0.1, -0.05) is 68.2 Å². The minimum Gasteiger partial charge on any atom is -0.494 e. The average molecular weight is 702 g/mol. The van der Waals surface area contributed by atoms with Gasteiger partial charge in [0, 0.05) is 33.6 Å². The predicted octanol–water partition coefficient (Wildman–Crippen LogP) is 8.75. The highest BCUT2D eigenvalue weighted by Gasteiger charge is 2.37. The SMILES string of the molecule is CC(C)(C)OC(=O)N1CCC(c2ccc(OCCCOCc3ccccc3)cc2)C(OC(COCC[Si](C)(C)C)c2ccc3nc[nH]c3c2)C1. The van der Waals surface area contributed by atoms with Crippen molar-refractivity contribution >= 4 is 25.2 Å². The number of hydrogen-bond donors (Lipinski definition) is 1. The van der Waals surface area contributed by atoms with Crippen LogP contribution in [0.4, 0.5) is 4.79 Å². The molecule has 3 unspecified atom stereocenters. The van der Waals surface area contributed by atoms with E-state index in [-0.39, 0.29) is 24.2 Å². The van der Waals surface area contributed by atoms with Gasteiger partial charge in [0.05, 0.1) is 56.4 Å². The Morgan fingerprint density at radius 2 is 1.76 bits per heavy atom. The number of likely N-dealkylation sites (tertiary alicyclic amines) is 1. The van der Waals surface area contributed by atoms with Crippen LogP contribution >= 0.6 is 0 Å². The summed E-state index contributed by atoms with van der Waals surface area (Å²) in [6, 6.07) is 25.8. The zero-order valence-corrected chi connectivity index (χ0v) is 31.7. The molecule has 3 atom stereocenters. The van der Waals surface area contributed by atoms with Crippen LogP contribution < -0.4 is 4.74 Å². The first-order valence-corrected chi connectivity index (χ1v) is 21.6. The van der Waals surface area contributed by atoms with Gasteiger partial charge in [-0.15, -0.1) is 0 Å². The second-order valence-corrected chi connectivity index (χ2v) is 21.0. The molecule has 1 saturated heterocycles. The predicted molar refractivity (Wildman–Crippen MR) is 200 cm³/mol. The molecule has 50 heavy (non-hydrogen) atoms. The monoisotopic (exact) mass is 701 g/mol. The second-order valence-electron chi connectivity index (χ2n) is 15.4. The Labute approximate surface area is 298 Å². The first-order chi connectivity index (χ1) is 23.9. The number of nitrogens with zero attached hydrogens (tertiary/aromatic N) is 2. The Bertz CT molecular complexity index is 1620. The molecule has 2 heterocycles. The number of carbonyl (C=O) groups excluding carboxylic acids is 1. The van der Waals surface area contributed by atoms with Crippen molar-refractivity contribution in [2.24, 2.45) is 0 Å². The molecular formula is C40H55N3O6Si. The fraction of sp³-hybridized carbons (Fsp3) is 0.500. The van der Waals surface area contributed by atoms with Gasteiger partial charge in [0.15, 0.2) is 0 Å². The third-order valence-electron chi connectivity index (χ3n) is 8.75. The number of nitrogens with one attached hydrogen (secondary N) is 1. The molecule has 1 fully saturated rings. The number of aromatic amines is 1. The lowest BCUT2D eigenvalue weighted by Gasteiger charge is -2.40. The number of amides is 1. The fourth-order valence-electron chi connectivity index (χ4n) is 6.00. The van der Waals surface area contributed by atoms with Crippen molar-refractivity contribution in [1.29, 1.82) is 0 Å². The largest absolute Gasteiger partial charge is 0.494 e. The Kier molecular flexibility index (Phi) is 13.1. The van der Waals surface area contributed by atoms with Crippen molar-refractivity contribution < 1.29 is 28.5 Å². The van der Waals surface area contributed by atoms with Crippen LogP contribution in [-0.2, 0) is 25.6 Å². The number of ether oxygens (including phenoxy) is 5. The van der Waals surface area contributed by atoms with Gasteiger partial charge in [-0.2, -0.15) is 0 Å². The molecule has 1 aliphatic rings. The Balaban J connectivity index is 1.27. The van der Waals surface area contributed by atoms with E-state index in [1.807, 2.05) is 57.2 Å². The van der Waals surface area contributed by atoms with Crippen LogP contribution in [0.2, 0.25) is 25.7 Å². The highest BCUT2D eigenvalue weighted by Crippen LogP contribution is 2.36. The second kappa shape index (κ2) is 17.5. The number of carbonyl (C=O) groups is 1. The number of fused-ring (bicyclic) bond motifs is 1. The Hall–Kier alpha value is -3.70. The highest BCUT2D eigenvalue weighted by molar-refractivity contribution is 6.76. The Morgan fingerprint density at radius 3 is 2.50 bits per heavy atom. The van der Waals surface area contributed by atoms with E-state index in [0.717, 1.165) is 46.8 Å². The van der Waals surface area contributed by atoms with E-state index in [0.29, 0.717) is 46.1 Å². The van der Waals surface area contributed by atoms with Gasteiger partial charge in [0.25, 0.3) is 0 Å². The lowest BCUT2D eigenvalue weighted by atomic mass is 9.86. The van der Waals surface area contributed by atoms with Crippen molar-refractivity contribution in [2.45, 2.75) is 89.6 Å². The van der Waals surface area contributed by atoms with E-state index in [4.69, 9.17) is 23.7 Å². The van der Waals surface area contributed by atoms with Crippen LogP contribution in [0.15, 0.2) is 79.1 Å². The summed E-state index contributed by atoms with van der Waals surface area (Å²) in [5, 5.41) is 0. The molecule has 0 saturated carbocycles. The summed E-state index contributed by atoms with van der Waals surface area (Å²) >= 11 is 0. The number of hydrogen-bond acceptors (Lipinski definition) is 7. The van der Waals surface area contributed by atoms with Gasteiger partial charge < -0.3 is 33.6 Å². The van der Waals surface area contributed by atoms with Crippen molar-refractivity contribution in [3.8, 4) is 5.75 Å². The Morgan fingerprint density at radius 1 is 0.980 bits per heavy atom.